The summed E-state index contributed by atoms with van der Waals surface area (Å²) in [6.45, 7) is 8.16. The Kier molecular flexibility index (Phi) is 6.26. The number of carbonyl (C=O) groups excluding carboxylic acids is 1. The Labute approximate surface area is 120 Å². The highest BCUT2D eigenvalue weighted by atomic mass is 32.2. The minimum Gasteiger partial charge on any atom is -0.379 e. The fourth-order valence-corrected chi connectivity index (χ4v) is 3.64. The van der Waals surface area contributed by atoms with Gasteiger partial charge in [0.05, 0.1) is 19.3 Å². The molecule has 0 bridgehead atoms. The van der Waals surface area contributed by atoms with Crippen LogP contribution >= 0.6 is 11.8 Å². The van der Waals surface area contributed by atoms with Crippen LogP contribution in [0.15, 0.2) is 0 Å². The molecule has 0 spiro atoms. The molecular formula is C13H25N3O2S. The molecule has 2 heterocycles. The first-order chi connectivity index (χ1) is 9.31. The van der Waals surface area contributed by atoms with E-state index >= 15 is 0 Å². The summed E-state index contributed by atoms with van der Waals surface area (Å²) in [5, 5.41) is 2.94. The zero-order chi connectivity index (χ0) is 13.5. The van der Waals surface area contributed by atoms with Gasteiger partial charge in [0.25, 0.3) is 0 Å². The van der Waals surface area contributed by atoms with Gasteiger partial charge in [-0.15, -0.1) is 0 Å². The summed E-state index contributed by atoms with van der Waals surface area (Å²) >= 11 is 1.97. The second kappa shape index (κ2) is 7.97. The SMILES string of the molecule is CCNC(=O)N1CCCSC[C@@H]1CN1CCOCC1. The van der Waals surface area contributed by atoms with Gasteiger partial charge in [0.2, 0.25) is 0 Å². The molecule has 19 heavy (non-hydrogen) atoms. The number of hydrogen-bond acceptors (Lipinski definition) is 4. The van der Waals surface area contributed by atoms with Crippen molar-refractivity contribution in [3.8, 4) is 0 Å². The summed E-state index contributed by atoms with van der Waals surface area (Å²) in [4.78, 5) is 16.6. The maximum Gasteiger partial charge on any atom is 0.317 e. The number of urea groups is 1. The molecule has 0 aromatic rings. The van der Waals surface area contributed by atoms with Crippen LogP contribution in [0.3, 0.4) is 0 Å². The summed E-state index contributed by atoms with van der Waals surface area (Å²) in [7, 11) is 0. The van der Waals surface area contributed by atoms with Crippen LogP contribution < -0.4 is 5.32 Å². The molecule has 2 rings (SSSR count). The fraction of sp³-hybridized carbons (Fsp3) is 0.923. The van der Waals surface area contributed by atoms with Crippen molar-refractivity contribution in [3.05, 3.63) is 0 Å². The Morgan fingerprint density at radius 1 is 1.37 bits per heavy atom. The van der Waals surface area contributed by atoms with Crippen LogP contribution in [0.4, 0.5) is 4.79 Å². The van der Waals surface area contributed by atoms with Crippen LogP contribution in [0.5, 0.6) is 0 Å². The van der Waals surface area contributed by atoms with E-state index in [0.717, 1.165) is 57.3 Å². The van der Waals surface area contributed by atoms with Crippen LogP contribution in [-0.4, -0.2) is 79.3 Å². The highest BCUT2D eigenvalue weighted by Gasteiger charge is 2.27. The normalized spacial score (nSPS) is 25.9. The lowest BCUT2D eigenvalue weighted by atomic mass is 10.2. The van der Waals surface area contributed by atoms with Gasteiger partial charge < -0.3 is 15.0 Å². The lowest BCUT2D eigenvalue weighted by Gasteiger charge is -2.35. The van der Waals surface area contributed by atoms with Crippen molar-refractivity contribution in [2.45, 2.75) is 19.4 Å². The van der Waals surface area contributed by atoms with Crippen LogP contribution in [0, 0.1) is 0 Å². The van der Waals surface area contributed by atoms with Gasteiger partial charge in [-0.1, -0.05) is 0 Å². The Balaban J connectivity index is 1.93. The maximum atomic E-state index is 12.2. The highest BCUT2D eigenvalue weighted by molar-refractivity contribution is 7.99. The van der Waals surface area contributed by atoms with Gasteiger partial charge in [0, 0.05) is 38.5 Å². The molecule has 110 valence electrons. The quantitative estimate of drug-likeness (QED) is 0.836. The van der Waals surface area contributed by atoms with Crippen molar-refractivity contribution in [2.75, 3.05) is 57.4 Å². The minimum atomic E-state index is 0.100. The van der Waals surface area contributed by atoms with E-state index in [9.17, 15) is 4.79 Å². The predicted molar refractivity (Wildman–Crippen MR) is 78.8 cm³/mol. The smallest absolute Gasteiger partial charge is 0.317 e. The van der Waals surface area contributed by atoms with Crippen molar-refractivity contribution in [3.63, 3.8) is 0 Å². The monoisotopic (exact) mass is 287 g/mol. The molecule has 2 aliphatic heterocycles. The van der Waals surface area contributed by atoms with Crippen LogP contribution in [-0.2, 0) is 4.74 Å². The van der Waals surface area contributed by atoms with E-state index < -0.39 is 0 Å². The molecule has 2 amide bonds. The number of amides is 2. The molecule has 1 atom stereocenters. The summed E-state index contributed by atoms with van der Waals surface area (Å²) in [6.07, 6.45) is 1.10. The summed E-state index contributed by atoms with van der Waals surface area (Å²) < 4.78 is 5.39. The number of thioether (sulfide) groups is 1. The van der Waals surface area contributed by atoms with Gasteiger partial charge in [0.15, 0.2) is 0 Å². The van der Waals surface area contributed by atoms with Crippen molar-refractivity contribution < 1.29 is 9.53 Å². The van der Waals surface area contributed by atoms with Crippen LogP contribution in [0.2, 0.25) is 0 Å². The summed E-state index contributed by atoms with van der Waals surface area (Å²) in [6, 6.07) is 0.431. The number of hydrogen-bond donors (Lipinski definition) is 1. The summed E-state index contributed by atoms with van der Waals surface area (Å²) in [5.74, 6) is 2.21. The predicted octanol–water partition coefficient (Wildman–Crippen LogP) is 0.856. The Bertz CT molecular complexity index is 285. The largest absolute Gasteiger partial charge is 0.379 e. The average Bonchev–Trinajstić information content (AvgIpc) is 2.66. The number of ether oxygens (including phenoxy) is 1. The Morgan fingerprint density at radius 3 is 2.89 bits per heavy atom. The molecular weight excluding hydrogens is 262 g/mol. The minimum absolute atomic E-state index is 0.100. The van der Waals surface area contributed by atoms with E-state index in [0.29, 0.717) is 12.6 Å². The lowest BCUT2D eigenvalue weighted by Crippen LogP contribution is -2.53. The number of rotatable bonds is 3. The standard InChI is InChI=1S/C13H25N3O2S/c1-2-14-13(17)16-4-3-9-19-11-12(16)10-15-5-7-18-8-6-15/h12H,2-11H2,1H3,(H,14,17)/t12-/m0/s1. The van der Waals surface area contributed by atoms with E-state index in [2.05, 4.69) is 10.2 Å². The molecule has 6 heteroatoms. The van der Waals surface area contributed by atoms with Gasteiger partial charge in [0.1, 0.15) is 0 Å². The van der Waals surface area contributed by atoms with E-state index in [1.165, 1.54) is 0 Å². The molecule has 2 saturated heterocycles. The third-order valence-corrected chi connectivity index (χ3v) is 4.80. The molecule has 0 aliphatic carbocycles. The maximum absolute atomic E-state index is 12.2. The zero-order valence-corrected chi connectivity index (χ0v) is 12.6. The first-order valence-electron chi connectivity index (χ1n) is 7.23. The molecule has 0 aromatic heterocycles. The van der Waals surface area contributed by atoms with E-state index in [1.54, 1.807) is 0 Å². The second-order valence-corrected chi connectivity index (χ2v) is 6.17. The van der Waals surface area contributed by atoms with Crippen molar-refractivity contribution in [1.82, 2.24) is 15.1 Å². The average molecular weight is 287 g/mol. The molecule has 0 unspecified atom stereocenters. The highest BCUT2D eigenvalue weighted by Crippen LogP contribution is 2.18. The lowest BCUT2D eigenvalue weighted by molar-refractivity contribution is 0.0284. The fourth-order valence-electron chi connectivity index (χ4n) is 2.58. The molecule has 1 N–H and O–H groups in total. The first-order valence-corrected chi connectivity index (χ1v) is 8.39. The zero-order valence-electron chi connectivity index (χ0n) is 11.8. The van der Waals surface area contributed by atoms with Crippen molar-refractivity contribution in [2.24, 2.45) is 0 Å². The molecule has 2 fully saturated rings. The molecule has 0 aromatic carbocycles. The third-order valence-electron chi connectivity index (χ3n) is 3.60. The van der Waals surface area contributed by atoms with Crippen LogP contribution in [0.25, 0.3) is 0 Å². The van der Waals surface area contributed by atoms with Gasteiger partial charge in [-0.25, -0.2) is 4.79 Å². The van der Waals surface area contributed by atoms with E-state index in [4.69, 9.17) is 4.74 Å². The first kappa shape index (κ1) is 14.9. The van der Waals surface area contributed by atoms with Gasteiger partial charge in [-0.3, -0.25) is 4.90 Å². The third kappa shape index (κ3) is 4.54. The van der Waals surface area contributed by atoms with Gasteiger partial charge in [-0.05, 0) is 19.1 Å². The number of carbonyl (C=O) groups is 1. The Morgan fingerprint density at radius 2 is 2.16 bits per heavy atom. The number of nitrogens with one attached hydrogen (secondary N) is 1. The van der Waals surface area contributed by atoms with Crippen LogP contribution in [0.1, 0.15) is 13.3 Å². The van der Waals surface area contributed by atoms with Gasteiger partial charge >= 0.3 is 6.03 Å². The number of morpholine rings is 1. The molecule has 2 aliphatic rings. The van der Waals surface area contributed by atoms with Crippen molar-refractivity contribution >= 4 is 17.8 Å². The Hall–Kier alpha value is -0.460. The molecule has 0 radical (unpaired) electrons. The van der Waals surface area contributed by atoms with Gasteiger partial charge in [-0.2, -0.15) is 11.8 Å². The summed E-state index contributed by atoms with van der Waals surface area (Å²) in [5.41, 5.74) is 0. The number of nitrogens with zero attached hydrogens (tertiary/aromatic N) is 2. The van der Waals surface area contributed by atoms with E-state index in [1.807, 2.05) is 23.6 Å². The second-order valence-electron chi connectivity index (χ2n) is 5.02. The van der Waals surface area contributed by atoms with Crippen molar-refractivity contribution in [1.29, 1.82) is 0 Å². The molecule has 0 saturated carbocycles. The topological polar surface area (TPSA) is 44.8 Å². The van der Waals surface area contributed by atoms with E-state index in [-0.39, 0.29) is 6.03 Å². The molecule has 5 nitrogen and oxygen atoms in total.